The van der Waals surface area contributed by atoms with Crippen LogP contribution in [0.5, 0.6) is 11.5 Å². The fourth-order valence-corrected chi connectivity index (χ4v) is 4.37. The minimum absolute atomic E-state index is 0.128. The topological polar surface area (TPSA) is 84.8 Å². The van der Waals surface area contributed by atoms with E-state index in [-0.39, 0.29) is 18.2 Å². The zero-order valence-corrected chi connectivity index (χ0v) is 17.4. The van der Waals surface area contributed by atoms with Crippen LogP contribution < -0.4 is 14.4 Å². The Kier molecular flexibility index (Phi) is 4.39. The maximum absolute atomic E-state index is 14.2. The second kappa shape index (κ2) is 7.44. The first-order chi connectivity index (χ1) is 16.1. The molecule has 0 aliphatic carbocycles. The molecule has 164 valence electrons. The summed E-state index contributed by atoms with van der Waals surface area (Å²) in [6, 6.07) is 15.0. The van der Waals surface area contributed by atoms with E-state index in [0.29, 0.717) is 40.6 Å². The van der Waals surface area contributed by atoms with Gasteiger partial charge in [-0.2, -0.15) is 0 Å². The predicted molar refractivity (Wildman–Crippen MR) is 120 cm³/mol. The van der Waals surface area contributed by atoms with Crippen molar-refractivity contribution in [3.05, 3.63) is 71.5 Å². The highest BCUT2D eigenvalue weighted by molar-refractivity contribution is 5.94. The van der Waals surface area contributed by atoms with Crippen LogP contribution in [0, 0.1) is 5.82 Å². The molecule has 3 aromatic carbocycles. The molecule has 33 heavy (non-hydrogen) atoms. The quantitative estimate of drug-likeness (QED) is 0.480. The lowest BCUT2D eigenvalue weighted by atomic mass is 10.0. The lowest BCUT2D eigenvalue weighted by Gasteiger charge is -2.31. The standard InChI is InChI=1S/C25H18FN3O4/c26-17-6-3-14-2-1-9-29(20(14)12-17)24-23(15-5-8-21-22(11-15)33-13-32-21)27-18-7-4-16(25(30)31)10-19(18)28-24/h3-8,10-12H,1-2,9,13H2,(H,30,31). The highest BCUT2D eigenvalue weighted by atomic mass is 19.1. The van der Waals surface area contributed by atoms with Gasteiger partial charge in [0.2, 0.25) is 6.79 Å². The number of hydrogen-bond donors (Lipinski definition) is 1. The van der Waals surface area contributed by atoms with Crippen molar-refractivity contribution in [1.82, 2.24) is 9.97 Å². The van der Waals surface area contributed by atoms with Crippen LogP contribution in [-0.2, 0) is 6.42 Å². The van der Waals surface area contributed by atoms with Crippen LogP contribution in [0.1, 0.15) is 22.3 Å². The third-order valence-corrected chi connectivity index (χ3v) is 5.96. The summed E-state index contributed by atoms with van der Waals surface area (Å²) in [6.07, 6.45) is 1.71. The SMILES string of the molecule is O=C(O)c1ccc2nc(-c3ccc4c(c3)OCO4)c(N3CCCc4ccc(F)cc43)nc2c1. The molecule has 0 atom stereocenters. The molecule has 0 spiro atoms. The number of anilines is 2. The van der Waals surface area contributed by atoms with Gasteiger partial charge in [-0.05, 0) is 66.9 Å². The Morgan fingerprint density at radius 1 is 0.970 bits per heavy atom. The van der Waals surface area contributed by atoms with Crippen molar-refractivity contribution in [3.63, 3.8) is 0 Å². The Labute approximate surface area is 188 Å². The molecule has 0 radical (unpaired) electrons. The minimum atomic E-state index is -1.04. The molecule has 1 N–H and O–H groups in total. The van der Waals surface area contributed by atoms with Crippen LogP contribution in [0.4, 0.5) is 15.9 Å². The normalized spacial score (nSPS) is 14.4. The van der Waals surface area contributed by atoms with E-state index in [1.54, 1.807) is 12.1 Å². The zero-order chi connectivity index (χ0) is 22.5. The summed E-state index contributed by atoms with van der Waals surface area (Å²) in [5.74, 6) is 0.449. The van der Waals surface area contributed by atoms with Gasteiger partial charge in [-0.25, -0.2) is 19.2 Å². The fourth-order valence-electron chi connectivity index (χ4n) is 4.37. The molecule has 0 amide bonds. The maximum Gasteiger partial charge on any atom is 0.335 e. The summed E-state index contributed by atoms with van der Waals surface area (Å²) in [5.41, 5.74) is 4.29. The number of aromatic nitrogens is 2. The third kappa shape index (κ3) is 3.31. The van der Waals surface area contributed by atoms with Gasteiger partial charge in [-0.3, -0.25) is 0 Å². The Morgan fingerprint density at radius 2 is 1.85 bits per heavy atom. The third-order valence-electron chi connectivity index (χ3n) is 5.96. The summed E-state index contributed by atoms with van der Waals surface area (Å²) in [6.45, 7) is 0.790. The summed E-state index contributed by atoms with van der Waals surface area (Å²) < 4.78 is 25.2. The summed E-state index contributed by atoms with van der Waals surface area (Å²) >= 11 is 0. The van der Waals surface area contributed by atoms with Gasteiger partial charge in [0.25, 0.3) is 0 Å². The van der Waals surface area contributed by atoms with E-state index in [4.69, 9.17) is 19.4 Å². The average Bonchev–Trinajstić information content (AvgIpc) is 3.30. The average molecular weight is 443 g/mol. The molecule has 7 nitrogen and oxygen atoms in total. The number of carboxylic acid groups (broad SMARTS) is 1. The van der Waals surface area contributed by atoms with Crippen molar-refractivity contribution in [3.8, 4) is 22.8 Å². The Morgan fingerprint density at radius 3 is 2.73 bits per heavy atom. The van der Waals surface area contributed by atoms with Crippen LogP contribution in [-0.4, -0.2) is 34.4 Å². The van der Waals surface area contributed by atoms with Crippen molar-refractivity contribution >= 4 is 28.5 Å². The van der Waals surface area contributed by atoms with Gasteiger partial charge in [0.1, 0.15) is 11.5 Å². The van der Waals surface area contributed by atoms with E-state index in [9.17, 15) is 14.3 Å². The van der Waals surface area contributed by atoms with Gasteiger partial charge < -0.3 is 19.5 Å². The van der Waals surface area contributed by atoms with Crippen molar-refractivity contribution in [2.24, 2.45) is 0 Å². The molecular formula is C25H18FN3O4. The summed E-state index contributed by atoms with van der Waals surface area (Å²) in [4.78, 5) is 23.2. The number of halogens is 1. The Bertz CT molecular complexity index is 1440. The van der Waals surface area contributed by atoms with Gasteiger partial charge in [-0.15, -0.1) is 0 Å². The highest BCUT2D eigenvalue weighted by Gasteiger charge is 2.26. The molecule has 1 aromatic heterocycles. The second-order valence-corrected chi connectivity index (χ2v) is 8.00. The first kappa shape index (κ1) is 19.5. The van der Waals surface area contributed by atoms with Crippen molar-refractivity contribution in [1.29, 1.82) is 0 Å². The monoisotopic (exact) mass is 443 g/mol. The Hall–Kier alpha value is -4.20. The molecular weight excluding hydrogens is 425 g/mol. The van der Waals surface area contributed by atoms with E-state index < -0.39 is 5.97 Å². The number of aromatic carboxylic acids is 1. The molecule has 0 unspecified atom stereocenters. The molecule has 3 heterocycles. The number of carbonyl (C=O) groups is 1. The molecule has 0 saturated carbocycles. The number of nitrogens with zero attached hydrogens (tertiary/aromatic N) is 3. The maximum atomic E-state index is 14.2. The number of aryl methyl sites for hydroxylation is 1. The van der Waals surface area contributed by atoms with Crippen molar-refractivity contribution in [2.45, 2.75) is 12.8 Å². The zero-order valence-electron chi connectivity index (χ0n) is 17.4. The molecule has 8 heteroatoms. The first-order valence-electron chi connectivity index (χ1n) is 10.6. The number of rotatable bonds is 3. The number of hydrogen-bond acceptors (Lipinski definition) is 6. The van der Waals surface area contributed by atoms with Crippen molar-refractivity contribution < 1.29 is 23.8 Å². The van der Waals surface area contributed by atoms with Crippen LogP contribution >= 0.6 is 0 Å². The second-order valence-electron chi connectivity index (χ2n) is 8.00. The van der Waals surface area contributed by atoms with E-state index in [1.807, 2.05) is 23.1 Å². The first-order valence-corrected chi connectivity index (χ1v) is 10.6. The van der Waals surface area contributed by atoms with Crippen LogP contribution in [0.25, 0.3) is 22.3 Å². The molecule has 2 aliphatic rings. The fraction of sp³-hybridized carbons (Fsp3) is 0.160. The number of benzene rings is 3. The van der Waals surface area contributed by atoms with Gasteiger partial charge >= 0.3 is 5.97 Å². The van der Waals surface area contributed by atoms with Gasteiger partial charge in [-0.1, -0.05) is 6.07 Å². The van der Waals surface area contributed by atoms with Gasteiger partial charge in [0.15, 0.2) is 17.3 Å². The van der Waals surface area contributed by atoms with Gasteiger partial charge in [0.05, 0.1) is 16.6 Å². The molecule has 0 bridgehead atoms. The van der Waals surface area contributed by atoms with E-state index in [0.717, 1.165) is 29.7 Å². The Balaban J connectivity index is 1.60. The van der Waals surface area contributed by atoms with Crippen LogP contribution in [0.2, 0.25) is 0 Å². The lowest BCUT2D eigenvalue weighted by Crippen LogP contribution is -2.26. The van der Waals surface area contributed by atoms with Gasteiger partial charge in [0, 0.05) is 17.8 Å². The van der Waals surface area contributed by atoms with E-state index in [2.05, 4.69) is 0 Å². The van der Waals surface area contributed by atoms with Crippen LogP contribution in [0.15, 0.2) is 54.6 Å². The van der Waals surface area contributed by atoms with E-state index >= 15 is 0 Å². The molecule has 4 aromatic rings. The minimum Gasteiger partial charge on any atom is -0.478 e. The molecule has 2 aliphatic heterocycles. The van der Waals surface area contributed by atoms with Crippen LogP contribution in [0.3, 0.4) is 0 Å². The molecule has 0 saturated heterocycles. The highest BCUT2D eigenvalue weighted by Crippen LogP contribution is 2.41. The largest absolute Gasteiger partial charge is 0.478 e. The molecule has 6 rings (SSSR count). The number of carboxylic acids is 1. The molecule has 0 fully saturated rings. The number of ether oxygens (including phenoxy) is 2. The summed E-state index contributed by atoms with van der Waals surface area (Å²) in [5, 5.41) is 9.42. The smallest absolute Gasteiger partial charge is 0.335 e. The predicted octanol–water partition coefficient (Wildman–Crippen LogP) is 4.95. The number of fused-ring (bicyclic) bond motifs is 3. The summed E-state index contributed by atoms with van der Waals surface area (Å²) in [7, 11) is 0. The van der Waals surface area contributed by atoms with Crippen molar-refractivity contribution in [2.75, 3.05) is 18.2 Å². The van der Waals surface area contributed by atoms with E-state index in [1.165, 1.54) is 24.3 Å². The lowest BCUT2D eigenvalue weighted by molar-refractivity contribution is 0.0697.